The van der Waals surface area contributed by atoms with E-state index in [2.05, 4.69) is 0 Å². The van der Waals surface area contributed by atoms with Gasteiger partial charge in [-0.25, -0.2) is 0 Å². The highest BCUT2D eigenvalue weighted by Gasteiger charge is 2.29. The molecule has 5 heteroatoms. The summed E-state index contributed by atoms with van der Waals surface area (Å²) in [4.78, 5) is 13.8. The van der Waals surface area contributed by atoms with Crippen molar-refractivity contribution in [2.45, 2.75) is 25.8 Å². The average Bonchev–Trinajstić information content (AvgIpc) is 2.34. The number of nitrogens with zero attached hydrogens (tertiary/aromatic N) is 1. The zero-order valence-corrected chi connectivity index (χ0v) is 9.89. The molecule has 0 saturated carbocycles. The first-order valence-corrected chi connectivity index (χ1v) is 5.89. The van der Waals surface area contributed by atoms with E-state index in [1.807, 2.05) is 6.92 Å². The third kappa shape index (κ3) is 3.43. The predicted octanol–water partition coefficient (Wildman–Crippen LogP) is -0.419. The standard InChI is InChI=1S/C11H22N2O3/c1-9(3-2-4-12)11(15)13-5-6-16-8-10(13)7-14/h9-10,14H,2-8,12H2,1H3. The van der Waals surface area contributed by atoms with Gasteiger partial charge in [0.15, 0.2) is 0 Å². The fourth-order valence-corrected chi connectivity index (χ4v) is 1.93. The van der Waals surface area contributed by atoms with Gasteiger partial charge in [0, 0.05) is 12.5 Å². The van der Waals surface area contributed by atoms with Crippen molar-refractivity contribution in [1.82, 2.24) is 4.90 Å². The van der Waals surface area contributed by atoms with E-state index in [0.29, 0.717) is 26.3 Å². The van der Waals surface area contributed by atoms with Crippen LogP contribution in [0, 0.1) is 5.92 Å². The van der Waals surface area contributed by atoms with Crippen LogP contribution in [-0.4, -0.2) is 54.9 Å². The molecule has 5 nitrogen and oxygen atoms in total. The topological polar surface area (TPSA) is 75.8 Å². The molecule has 3 N–H and O–H groups in total. The molecule has 0 spiro atoms. The van der Waals surface area contributed by atoms with Gasteiger partial charge in [0.1, 0.15) is 0 Å². The molecule has 94 valence electrons. The van der Waals surface area contributed by atoms with Crippen LogP contribution in [-0.2, 0) is 9.53 Å². The second-order valence-electron chi connectivity index (χ2n) is 4.27. The maximum atomic E-state index is 12.1. The lowest BCUT2D eigenvalue weighted by Crippen LogP contribution is -2.52. The highest BCUT2D eigenvalue weighted by atomic mass is 16.5. The molecular weight excluding hydrogens is 208 g/mol. The SMILES string of the molecule is CC(CCCN)C(=O)N1CCOCC1CO. The average molecular weight is 230 g/mol. The van der Waals surface area contributed by atoms with E-state index in [4.69, 9.17) is 10.5 Å². The first-order chi connectivity index (χ1) is 7.70. The van der Waals surface area contributed by atoms with Crippen molar-refractivity contribution in [3.05, 3.63) is 0 Å². The number of morpholine rings is 1. The summed E-state index contributed by atoms with van der Waals surface area (Å²) in [5.74, 6) is 0.0894. The van der Waals surface area contributed by atoms with Gasteiger partial charge in [-0.1, -0.05) is 6.92 Å². The van der Waals surface area contributed by atoms with E-state index in [-0.39, 0.29) is 24.5 Å². The Bertz CT molecular complexity index is 223. The lowest BCUT2D eigenvalue weighted by atomic mass is 10.0. The monoisotopic (exact) mass is 230 g/mol. The summed E-state index contributed by atoms with van der Waals surface area (Å²) in [5, 5.41) is 9.17. The molecule has 1 heterocycles. The van der Waals surface area contributed by atoms with Gasteiger partial charge in [-0.2, -0.15) is 0 Å². The zero-order chi connectivity index (χ0) is 12.0. The molecule has 0 aromatic rings. The minimum absolute atomic E-state index is 0.0179. The molecule has 16 heavy (non-hydrogen) atoms. The van der Waals surface area contributed by atoms with E-state index >= 15 is 0 Å². The minimum atomic E-state index is -0.179. The Morgan fingerprint density at radius 2 is 2.44 bits per heavy atom. The number of carbonyl (C=O) groups is 1. The second kappa shape index (κ2) is 6.83. The first kappa shape index (κ1) is 13.4. The number of aliphatic hydroxyl groups excluding tert-OH is 1. The third-order valence-corrected chi connectivity index (χ3v) is 2.98. The van der Waals surface area contributed by atoms with Gasteiger partial charge in [0.2, 0.25) is 5.91 Å². The molecule has 1 saturated heterocycles. The fraction of sp³-hybridized carbons (Fsp3) is 0.909. The van der Waals surface area contributed by atoms with Crippen LogP contribution >= 0.6 is 0 Å². The van der Waals surface area contributed by atoms with Crippen molar-refractivity contribution in [1.29, 1.82) is 0 Å². The lowest BCUT2D eigenvalue weighted by Gasteiger charge is -2.36. The molecule has 0 radical (unpaired) electrons. The Labute approximate surface area is 96.6 Å². The maximum Gasteiger partial charge on any atom is 0.225 e. The van der Waals surface area contributed by atoms with Crippen LogP contribution in [0.1, 0.15) is 19.8 Å². The van der Waals surface area contributed by atoms with Crippen molar-refractivity contribution >= 4 is 5.91 Å². The maximum absolute atomic E-state index is 12.1. The first-order valence-electron chi connectivity index (χ1n) is 5.89. The van der Waals surface area contributed by atoms with Gasteiger partial charge in [-0.05, 0) is 19.4 Å². The van der Waals surface area contributed by atoms with E-state index < -0.39 is 0 Å². The number of rotatable bonds is 5. The van der Waals surface area contributed by atoms with Crippen LogP contribution in [0.5, 0.6) is 0 Å². The van der Waals surface area contributed by atoms with Crippen LogP contribution in [0.25, 0.3) is 0 Å². The molecule has 2 atom stereocenters. The van der Waals surface area contributed by atoms with Gasteiger partial charge in [0.25, 0.3) is 0 Å². The Hall–Kier alpha value is -0.650. The summed E-state index contributed by atoms with van der Waals surface area (Å²) in [7, 11) is 0. The number of hydrogen-bond donors (Lipinski definition) is 2. The second-order valence-corrected chi connectivity index (χ2v) is 4.27. The molecule has 0 aromatic carbocycles. The molecule has 1 amide bonds. The number of nitrogens with two attached hydrogens (primary N) is 1. The molecule has 0 aromatic heterocycles. The van der Waals surface area contributed by atoms with E-state index in [1.54, 1.807) is 4.90 Å². The van der Waals surface area contributed by atoms with Gasteiger partial charge in [-0.3, -0.25) is 4.79 Å². The van der Waals surface area contributed by atoms with Crippen molar-refractivity contribution < 1.29 is 14.6 Å². The van der Waals surface area contributed by atoms with Crippen LogP contribution in [0.15, 0.2) is 0 Å². The van der Waals surface area contributed by atoms with Crippen LogP contribution < -0.4 is 5.73 Å². The fourth-order valence-electron chi connectivity index (χ4n) is 1.93. The summed E-state index contributed by atoms with van der Waals surface area (Å²) in [6.07, 6.45) is 1.67. The molecule has 1 aliphatic heterocycles. The summed E-state index contributed by atoms with van der Waals surface area (Å²) < 4.78 is 5.24. The van der Waals surface area contributed by atoms with Gasteiger partial charge >= 0.3 is 0 Å². The molecule has 1 aliphatic rings. The Balaban J connectivity index is 2.49. The zero-order valence-electron chi connectivity index (χ0n) is 9.89. The van der Waals surface area contributed by atoms with Gasteiger partial charge in [-0.15, -0.1) is 0 Å². The van der Waals surface area contributed by atoms with Crippen molar-refractivity contribution in [3.63, 3.8) is 0 Å². The highest BCUT2D eigenvalue weighted by Crippen LogP contribution is 2.14. The Kier molecular flexibility index (Phi) is 5.73. The number of amides is 1. The van der Waals surface area contributed by atoms with E-state index in [0.717, 1.165) is 12.8 Å². The summed E-state index contributed by atoms with van der Waals surface area (Å²) in [6.45, 7) is 4.08. The molecule has 1 rings (SSSR count). The van der Waals surface area contributed by atoms with Crippen molar-refractivity contribution in [3.8, 4) is 0 Å². The van der Waals surface area contributed by atoms with Crippen LogP contribution in [0.3, 0.4) is 0 Å². The van der Waals surface area contributed by atoms with E-state index in [1.165, 1.54) is 0 Å². The number of carbonyl (C=O) groups excluding carboxylic acids is 1. The summed E-state index contributed by atoms with van der Waals surface area (Å²) in [5.41, 5.74) is 5.42. The number of ether oxygens (including phenoxy) is 1. The molecule has 0 bridgehead atoms. The summed E-state index contributed by atoms with van der Waals surface area (Å²) in [6, 6.07) is -0.179. The lowest BCUT2D eigenvalue weighted by molar-refractivity contribution is -0.145. The molecule has 1 fully saturated rings. The van der Waals surface area contributed by atoms with Gasteiger partial charge in [0.05, 0.1) is 25.9 Å². The number of aliphatic hydroxyl groups is 1. The Morgan fingerprint density at radius 3 is 3.06 bits per heavy atom. The molecular formula is C11H22N2O3. The van der Waals surface area contributed by atoms with Crippen molar-refractivity contribution in [2.75, 3.05) is 32.9 Å². The quantitative estimate of drug-likeness (QED) is 0.672. The van der Waals surface area contributed by atoms with Crippen LogP contribution in [0.4, 0.5) is 0 Å². The van der Waals surface area contributed by atoms with Crippen molar-refractivity contribution in [2.24, 2.45) is 11.7 Å². The summed E-state index contributed by atoms with van der Waals surface area (Å²) >= 11 is 0. The smallest absolute Gasteiger partial charge is 0.225 e. The minimum Gasteiger partial charge on any atom is -0.394 e. The molecule has 2 unspecified atom stereocenters. The molecule has 0 aliphatic carbocycles. The van der Waals surface area contributed by atoms with Crippen LogP contribution in [0.2, 0.25) is 0 Å². The van der Waals surface area contributed by atoms with E-state index in [9.17, 15) is 9.90 Å². The largest absolute Gasteiger partial charge is 0.394 e. The Morgan fingerprint density at radius 1 is 1.69 bits per heavy atom. The van der Waals surface area contributed by atoms with Gasteiger partial charge < -0.3 is 20.5 Å². The third-order valence-electron chi connectivity index (χ3n) is 2.98. The number of hydrogen-bond acceptors (Lipinski definition) is 4. The highest BCUT2D eigenvalue weighted by molar-refractivity contribution is 5.78. The predicted molar refractivity (Wildman–Crippen MR) is 60.9 cm³/mol. The normalized spacial score (nSPS) is 23.2.